The first-order chi connectivity index (χ1) is 11.2. The molecule has 1 amide bonds. The fraction of sp³-hybridized carbons (Fsp3) is 0.353. The van der Waals surface area contributed by atoms with Gasteiger partial charge in [0.15, 0.2) is 6.10 Å². The molecule has 1 aromatic carbocycles. The van der Waals surface area contributed by atoms with Crippen LogP contribution in [0.5, 0.6) is 5.75 Å². The highest BCUT2D eigenvalue weighted by Gasteiger charge is 2.34. The minimum Gasteiger partial charge on any atom is -0.480 e. The normalized spacial score (nSPS) is 12.8. The van der Waals surface area contributed by atoms with Crippen LogP contribution in [0.2, 0.25) is 0 Å². The van der Waals surface area contributed by atoms with Gasteiger partial charge in [0.2, 0.25) is 0 Å². The maximum absolute atomic E-state index is 12.9. The van der Waals surface area contributed by atoms with Crippen LogP contribution in [0.3, 0.4) is 0 Å². The quantitative estimate of drug-likeness (QED) is 0.894. The topological polar surface area (TPSA) is 51.5 Å². The summed E-state index contributed by atoms with van der Waals surface area (Å²) < 4.78 is 49.3. The summed E-state index contributed by atoms with van der Waals surface area (Å²) in [5, 5.41) is 2.63. The highest BCUT2D eigenvalue weighted by Crippen LogP contribution is 2.36. The molecule has 1 atom stereocenters. The van der Waals surface area contributed by atoms with Gasteiger partial charge in [0.25, 0.3) is 5.91 Å². The van der Waals surface area contributed by atoms with Crippen molar-refractivity contribution >= 4 is 5.91 Å². The van der Waals surface area contributed by atoms with Gasteiger partial charge in [-0.25, -0.2) is 0 Å². The van der Waals surface area contributed by atoms with Crippen molar-refractivity contribution < 1.29 is 27.1 Å². The number of alkyl halides is 3. The number of benzene rings is 1. The van der Waals surface area contributed by atoms with Crippen LogP contribution in [0.15, 0.2) is 34.7 Å². The average molecular weight is 341 g/mol. The van der Waals surface area contributed by atoms with Gasteiger partial charge in [-0.1, -0.05) is 12.1 Å². The van der Waals surface area contributed by atoms with Gasteiger partial charge in [0.05, 0.1) is 5.56 Å². The molecule has 1 unspecified atom stereocenters. The minimum absolute atomic E-state index is 0.219. The number of para-hydroxylation sites is 1. The Hall–Kier alpha value is -2.44. The lowest BCUT2D eigenvalue weighted by Gasteiger charge is -2.18. The third kappa shape index (κ3) is 4.31. The summed E-state index contributed by atoms with van der Waals surface area (Å²) in [5.74, 6) is 0.525. The molecular formula is C17H18F3NO3. The summed E-state index contributed by atoms with van der Waals surface area (Å²) in [6.07, 6.45) is -5.61. The Bertz CT molecular complexity index is 722. The van der Waals surface area contributed by atoms with Crippen molar-refractivity contribution in [3.8, 4) is 5.75 Å². The number of amides is 1. The number of halogens is 3. The van der Waals surface area contributed by atoms with E-state index in [2.05, 4.69) is 5.32 Å². The fourth-order valence-electron chi connectivity index (χ4n) is 2.23. The monoisotopic (exact) mass is 341 g/mol. The second kappa shape index (κ2) is 6.98. The van der Waals surface area contributed by atoms with Gasteiger partial charge in [-0.15, -0.1) is 0 Å². The molecule has 0 aliphatic heterocycles. The zero-order valence-electron chi connectivity index (χ0n) is 13.5. The van der Waals surface area contributed by atoms with Crippen LogP contribution in [-0.2, 0) is 17.5 Å². The Kier molecular flexibility index (Phi) is 5.21. The van der Waals surface area contributed by atoms with Crippen LogP contribution < -0.4 is 10.1 Å². The number of hydrogen-bond acceptors (Lipinski definition) is 3. The first kappa shape index (κ1) is 17.9. The molecule has 0 saturated carbocycles. The van der Waals surface area contributed by atoms with Crippen molar-refractivity contribution in [3.05, 3.63) is 53.0 Å². The standard InChI is InChI=1S/C17H18F3NO3/c1-10-8-13(11(2)23-10)9-21-16(22)12(3)24-15-7-5-4-6-14(15)17(18,19)20/h4-8,12H,9H2,1-3H3,(H,21,22). The molecule has 0 aliphatic carbocycles. The van der Waals surface area contributed by atoms with E-state index in [4.69, 9.17) is 9.15 Å². The molecule has 1 N–H and O–H groups in total. The highest BCUT2D eigenvalue weighted by molar-refractivity contribution is 5.80. The summed E-state index contributed by atoms with van der Waals surface area (Å²) in [6, 6.07) is 6.59. The molecule has 0 radical (unpaired) electrons. The van der Waals surface area contributed by atoms with Crippen LogP contribution in [0, 0.1) is 13.8 Å². The molecular weight excluding hydrogens is 323 g/mol. The van der Waals surface area contributed by atoms with Crippen LogP contribution in [0.25, 0.3) is 0 Å². The molecule has 1 aromatic heterocycles. The molecule has 2 aromatic rings. The molecule has 24 heavy (non-hydrogen) atoms. The second-order valence-electron chi connectivity index (χ2n) is 5.41. The molecule has 1 heterocycles. The lowest BCUT2D eigenvalue weighted by molar-refractivity contribution is -0.140. The van der Waals surface area contributed by atoms with Crippen molar-refractivity contribution in [2.45, 2.75) is 39.6 Å². The number of ether oxygens (including phenoxy) is 1. The smallest absolute Gasteiger partial charge is 0.419 e. The number of rotatable bonds is 5. The lowest BCUT2D eigenvalue weighted by atomic mass is 10.2. The Balaban J connectivity index is 2.01. The number of aryl methyl sites for hydroxylation is 2. The van der Waals surface area contributed by atoms with Gasteiger partial charge < -0.3 is 14.5 Å². The predicted octanol–water partition coefficient (Wildman–Crippen LogP) is 4.00. The van der Waals surface area contributed by atoms with Crippen molar-refractivity contribution in [1.82, 2.24) is 5.32 Å². The predicted molar refractivity (Wildman–Crippen MR) is 81.6 cm³/mol. The molecule has 2 rings (SSSR count). The van der Waals surface area contributed by atoms with Crippen molar-refractivity contribution in [2.24, 2.45) is 0 Å². The van der Waals surface area contributed by atoms with E-state index < -0.39 is 23.8 Å². The molecule has 7 heteroatoms. The van der Waals surface area contributed by atoms with Crippen LogP contribution in [0.1, 0.15) is 29.6 Å². The van der Waals surface area contributed by atoms with Crippen molar-refractivity contribution in [1.29, 1.82) is 0 Å². The highest BCUT2D eigenvalue weighted by atomic mass is 19.4. The van der Waals surface area contributed by atoms with E-state index in [1.165, 1.54) is 25.1 Å². The van der Waals surface area contributed by atoms with E-state index in [0.717, 1.165) is 17.4 Å². The van der Waals surface area contributed by atoms with E-state index >= 15 is 0 Å². The zero-order chi connectivity index (χ0) is 17.9. The average Bonchev–Trinajstić information content (AvgIpc) is 2.82. The van der Waals surface area contributed by atoms with E-state index in [1.807, 2.05) is 0 Å². The molecule has 0 saturated heterocycles. The maximum atomic E-state index is 12.9. The first-order valence-corrected chi connectivity index (χ1v) is 7.35. The van der Waals surface area contributed by atoms with Crippen LogP contribution in [0.4, 0.5) is 13.2 Å². The summed E-state index contributed by atoms with van der Waals surface area (Å²) in [4.78, 5) is 12.1. The SMILES string of the molecule is Cc1cc(CNC(=O)C(C)Oc2ccccc2C(F)(F)F)c(C)o1. The summed E-state index contributed by atoms with van der Waals surface area (Å²) >= 11 is 0. The molecule has 4 nitrogen and oxygen atoms in total. The van der Waals surface area contributed by atoms with Gasteiger partial charge in [-0.05, 0) is 39.0 Å². The lowest BCUT2D eigenvalue weighted by Crippen LogP contribution is -2.36. The Morgan fingerprint density at radius 3 is 2.54 bits per heavy atom. The number of nitrogens with one attached hydrogen (secondary N) is 1. The summed E-state index contributed by atoms with van der Waals surface area (Å²) in [7, 11) is 0. The van der Waals surface area contributed by atoms with Crippen molar-refractivity contribution in [2.75, 3.05) is 0 Å². The summed E-state index contributed by atoms with van der Waals surface area (Å²) in [6.45, 7) is 5.18. The Morgan fingerprint density at radius 1 is 1.29 bits per heavy atom. The fourth-order valence-corrected chi connectivity index (χ4v) is 2.23. The number of carbonyl (C=O) groups is 1. The zero-order valence-corrected chi connectivity index (χ0v) is 13.5. The Labute approximate surface area is 137 Å². The summed E-state index contributed by atoms with van der Waals surface area (Å²) in [5.41, 5.74) is -0.102. The Morgan fingerprint density at radius 2 is 1.96 bits per heavy atom. The van der Waals surface area contributed by atoms with Gasteiger partial charge in [-0.2, -0.15) is 13.2 Å². The molecule has 0 aliphatic rings. The molecule has 0 spiro atoms. The van der Waals surface area contributed by atoms with Crippen molar-refractivity contribution in [3.63, 3.8) is 0 Å². The van der Waals surface area contributed by atoms with Crippen LogP contribution >= 0.6 is 0 Å². The number of carbonyl (C=O) groups excluding carboxylic acids is 1. The number of furan rings is 1. The first-order valence-electron chi connectivity index (χ1n) is 7.35. The largest absolute Gasteiger partial charge is 0.480 e. The van der Waals surface area contributed by atoms with Crippen LogP contribution in [-0.4, -0.2) is 12.0 Å². The molecule has 130 valence electrons. The van der Waals surface area contributed by atoms with Gasteiger partial charge >= 0.3 is 6.18 Å². The minimum atomic E-state index is -4.54. The van der Waals surface area contributed by atoms with Gasteiger partial charge in [-0.3, -0.25) is 4.79 Å². The van der Waals surface area contributed by atoms with E-state index in [-0.39, 0.29) is 12.3 Å². The number of hydrogen-bond donors (Lipinski definition) is 1. The van der Waals surface area contributed by atoms with Gasteiger partial charge in [0, 0.05) is 12.1 Å². The second-order valence-corrected chi connectivity index (χ2v) is 5.41. The molecule has 0 bridgehead atoms. The van der Waals surface area contributed by atoms with Gasteiger partial charge in [0.1, 0.15) is 17.3 Å². The molecule has 0 fully saturated rings. The third-order valence-electron chi connectivity index (χ3n) is 3.46. The maximum Gasteiger partial charge on any atom is 0.419 e. The van der Waals surface area contributed by atoms with E-state index in [1.54, 1.807) is 19.9 Å². The van der Waals surface area contributed by atoms with E-state index in [9.17, 15) is 18.0 Å². The third-order valence-corrected chi connectivity index (χ3v) is 3.46. The van der Waals surface area contributed by atoms with E-state index in [0.29, 0.717) is 5.76 Å².